The van der Waals surface area contributed by atoms with Crippen LogP contribution in [0, 0.1) is 0 Å². The lowest BCUT2D eigenvalue weighted by atomic mass is 10.5. The molecular weight excluding hydrogens is 214 g/mol. The van der Waals surface area contributed by atoms with Gasteiger partial charge in [-0.15, -0.1) is 33.2 Å². The summed E-state index contributed by atoms with van der Waals surface area (Å²) in [5, 5.41) is 8.36. The molecule has 0 aliphatic rings. The van der Waals surface area contributed by atoms with Gasteiger partial charge in [0.25, 0.3) is 0 Å². The molecule has 0 radical (unpaired) electrons. The van der Waals surface area contributed by atoms with E-state index in [1.165, 1.54) is 0 Å². The Hall–Kier alpha value is 1.01. The quantitative estimate of drug-likeness (QED) is 0.448. The van der Waals surface area contributed by atoms with E-state index >= 15 is 0 Å². The van der Waals surface area contributed by atoms with Gasteiger partial charge in [-0.2, -0.15) is 0 Å². The maximum atomic E-state index is 8.36. The molecule has 0 heterocycles. The van der Waals surface area contributed by atoms with Crippen LogP contribution in [0.15, 0.2) is 0 Å². The molecule has 0 aliphatic carbocycles. The van der Waals surface area contributed by atoms with Crippen LogP contribution >= 0.6 is 33.2 Å². The van der Waals surface area contributed by atoms with Gasteiger partial charge in [-0.1, -0.05) is 6.92 Å². The first-order valence-electron chi connectivity index (χ1n) is 2.81. The predicted molar refractivity (Wildman–Crippen MR) is 45.6 cm³/mol. The van der Waals surface area contributed by atoms with Crippen LogP contribution < -0.4 is 0 Å². The molecule has 10 heavy (non-hydrogen) atoms. The molecule has 6 heteroatoms. The molecule has 0 saturated heterocycles. The number of ether oxygens (including phenoxy) is 1. The Morgan fingerprint density at radius 3 is 2.10 bits per heavy atom. The van der Waals surface area contributed by atoms with Gasteiger partial charge in [0, 0.05) is 0 Å². The van der Waals surface area contributed by atoms with Crippen molar-refractivity contribution in [2.24, 2.45) is 0 Å². The summed E-state index contributed by atoms with van der Waals surface area (Å²) in [4.78, 5) is 0. The minimum Gasteiger partial charge on any atom is -0.371 e. The van der Waals surface area contributed by atoms with Crippen molar-refractivity contribution in [1.29, 1.82) is 0 Å². The summed E-state index contributed by atoms with van der Waals surface area (Å²) in [6.07, 6.45) is 0.614. The van der Waals surface area contributed by atoms with Gasteiger partial charge in [-0.3, -0.25) is 0 Å². The number of rotatable bonds is 4. The first kappa shape index (κ1) is 11.0. The lowest BCUT2D eigenvalue weighted by Gasteiger charge is -2.19. The molecule has 62 valence electrons. The highest BCUT2D eigenvalue weighted by molar-refractivity contribution is 7.65. The molecule has 0 aromatic heterocycles. The molecule has 0 aliphatic heterocycles. The van der Waals surface area contributed by atoms with Crippen LogP contribution in [0.3, 0.4) is 0 Å². The van der Waals surface area contributed by atoms with Gasteiger partial charge in [0.15, 0.2) is 0 Å². The molecule has 0 rings (SSSR count). The molecule has 0 amide bonds. The maximum Gasteiger partial charge on any atom is 0.369 e. The van der Waals surface area contributed by atoms with Crippen molar-refractivity contribution in [1.82, 2.24) is 0 Å². The second-order valence-electron chi connectivity index (χ2n) is 1.73. The summed E-state index contributed by atoms with van der Waals surface area (Å²) >= 11 is 16.8. The summed E-state index contributed by atoms with van der Waals surface area (Å²) in [5.74, 6) is 0. The average molecular weight is 224 g/mol. The van der Waals surface area contributed by atoms with Crippen molar-refractivity contribution in [3.63, 3.8) is 0 Å². The highest BCUT2D eigenvalue weighted by Gasteiger charge is 2.36. The Morgan fingerprint density at radius 1 is 1.50 bits per heavy atom. The second-order valence-corrected chi connectivity index (χ2v) is 10.6. The van der Waals surface area contributed by atoms with Crippen molar-refractivity contribution >= 4 is 39.2 Å². The van der Waals surface area contributed by atoms with Crippen molar-refractivity contribution < 1.29 is 9.84 Å². The molecule has 2 nitrogen and oxygen atoms in total. The molecule has 0 aromatic rings. The lowest BCUT2D eigenvalue weighted by molar-refractivity contribution is -0.0205. The molecule has 0 fully saturated rings. The molecule has 1 N–H and O–H groups in total. The van der Waals surface area contributed by atoms with Crippen LogP contribution in [0.2, 0.25) is 0 Å². The highest BCUT2D eigenvalue weighted by Crippen LogP contribution is 2.27. The third-order valence-electron chi connectivity index (χ3n) is 1.01. The molecule has 0 saturated carbocycles. The minimum absolute atomic E-state index is 0.389. The highest BCUT2D eigenvalue weighted by atomic mass is 35.8. The van der Waals surface area contributed by atoms with E-state index in [1.54, 1.807) is 0 Å². The Kier molecular flexibility index (Phi) is 5.28. The van der Waals surface area contributed by atoms with Crippen molar-refractivity contribution in [2.75, 3.05) is 6.79 Å². The number of halogens is 3. The summed E-state index contributed by atoms with van der Waals surface area (Å²) in [5.41, 5.74) is -0.400. The smallest absolute Gasteiger partial charge is 0.369 e. The van der Waals surface area contributed by atoms with Gasteiger partial charge < -0.3 is 9.84 Å². The Bertz CT molecular complexity index is 95.0. The fourth-order valence-electron chi connectivity index (χ4n) is 0.534. The van der Waals surface area contributed by atoms with E-state index in [9.17, 15) is 0 Å². The number of aliphatic hydroxyl groups excluding tert-OH is 1. The molecule has 0 bridgehead atoms. The summed E-state index contributed by atoms with van der Waals surface area (Å²) in [7, 11) is 0. The number of hydrogen-bond donors (Lipinski definition) is 1. The fraction of sp³-hybridized carbons (Fsp3) is 1.00. The summed E-state index contributed by atoms with van der Waals surface area (Å²) in [6.45, 7) is 1.45. The Morgan fingerprint density at radius 2 is 2.00 bits per heavy atom. The van der Waals surface area contributed by atoms with E-state index in [1.807, 2.05) is 6.92 Å². The number of hydrogen-bond acceptors (Lipinski definition) is 2. The summed E-state index contributed by atoms with van der Waals surface area (Å²) < 4.78 is 4.78. The average Bonchev–Trinajstić information content (AvgIpc) is 1.80. The van der Waals surface area contributed by atoms with Crippen LogP contribution in [0.1, 0.15) is 13.3 Å². The van der Waals surface area contributed by atoms with Crippen LogP contribution in [-0.2, 0) is 4.74 Å². The predicted octanol–water partition coefficient (Wildman–Crippen LogP) is 1.93. The first-order chi connectivity index (χ1) is 4.52. The first-order valence-corrected chi connectivity index (χ1v) is 7.92. The van der Waals surface area contributed by atoms with Crippen LogP contribution in [-0.4, -0.2) is 23.6 Å². The molecule has 1 unspecified atom stereocenters. The SMILES string of the molecule is CCC(OCO)[Si](Cl)(Cl)Cl. The minimum atomic E-state index is -2.77. The largest absolute Gasteiger partial charge is 0.371 e. The van der Waals surface area contributed by atoms with Gasteiger partial charge in [-0.25, -0.2) is 0 Å². The van der Waals surface area contributed by atoms with E-state index < -0.39 is 11.7 Å². The zero-order valence-corrected chi connectivity index (χ0v) is 8.75. The molecular formula is C4H9Cl3O2Si. The molecule has 0 spiro atoms. The second kappa shape index (κ2) is 4.80. The topological polar surface area (TPSA) is 29.5 Å². The van der Waals surface area contributed by atoms with Crippen molar-refractivity contribution in [3.05, 3.63) is 0 Å². The van der Waals surface area contributed by atoms with Gasteiger partial charge in [-0.05, 0) is 6.42 Å². The van der Waals surface area contributed by atoms with E-state index in [0.717, 1.165) is 0 Å². The Labute approximate surface area is 75.1 Å². The lowest BCUT2D eigenvalue weighted by Crippen LogP contribution is -2.33. The third-order valence-corrected chi connectivity index (χ3v) is 4.51. The summed E-state index contributed by atoms with van der Waals surface area (Å²) in [6, 6.07) is -2.77. The number of aliphatic hydroxyl groups is 1. The zero-order valence-electron chi connectivity index (χ0n) is 5.48. The van der Waals surface area contributed by atoms with E-state index in [2.05, 4.69) is 0 Å². The van der Waals surface area contributed by atoms with Crippen LogP contribution in [0.4, 0.5) is 0 Å². The van der Waals surface area contributed by atoms with Gasteiger partial charge in [0.1, 0.15) is 6.79 Å². The van der Waals surface area contributed by atoms with E-state index in [0.29, 0.717) is 6.42 Å². The monoisotopic (exact) mass is 222 g/mol. The Balaban J connectivity index is 3.81. The maximum absolute atomic E-state index is 8.36. The molecule has 1 atom stereocenters. The van der Waals surface area contributed by atoms with Crippen molar-refractivity contribution in [3.8, 4) is 0 Å². The molecule has 0 aromatic carbocycles. The van der Waals surface area contributed by atoms with Gasteiger partial charge >= 0.3 is 6.00 Å². The van der Waals surface area contributed by atoms with Gasteiger partial charge in [0.05, 0.1) is 5.73 Å². The third kappa shape index (κ3) is 4.01. The van der Waals surface area contributed by atoms with Crippen molar-refractivity contribution in [2.45, 2.75) is 19.1 Å². The zero-order chi connectivity index (χ0) is 8.20. The van der Waals surface area contributed by atoms with Gasteiger partial charge in [0.2, 0.25) is 0 Å². The van der Waals surface area contributed by atoms with Crippen LogP contribution in [0.5, 0.6) is 0 Å². The fourth-order valence-corrected chi connectivity index (χ4v) is 3.22. The van der Waals surface area contributed by atoms with E-state index in [4.69, 9.17) is 43.1 Å². The normalized spacial score (nSPS) is 15.3. The standard InChI is InChI=1S/C4H9Cl3O2Si/c1-2-4(9-3-8)10(5,6)7/h4,8H,2-3H2,1H3. The van der Waals surface area contributed by atoms with Crippen LogP contribution in [0.25, 0.3) is 0 Å². The van der Waals surface area contributed by atoms with E-state index in [-0.39, 0.29) is 6.79 Å².